The highest BCUT2D eigenvalue weighted by Gasteiger charge is 2.13. The maximum absolute atomic E-state index is 11.9. The molecule has 0 atom stereocenters. The molecule has 0 saturated heterocycles. The summed E-state index contributed by atoms with van der Waals surface area (Å²) in [6.07, 6.45) is 7.40. The van der Waals surface area contributed by atoms with Crippen molar-refractivity contribution in [1.82, 2.24) is 5.32 Å². The van der Waals surface area contributed by atoms with Crippen molar-refractivity contribution < 1.29 is 4.79 Å². The van der Waals surface area contributed by atoms with E-state index in [0.29, 0.717) is 6.42 Å². The monoisotopic (exact) mass is 305 g/mol. The second kappa shape index (κ2) is 8.47. The molecule has 0 unspecified atom stereocenters. The molecule has 1 amide bonds. The molecule has 1 aromatic carbocycles. The molecular formula is C18H27NOS. The molecule has 0 radical (unpaired) electrons. The Hall–Kier alpha value is -0.960. The lowest BCUT2D eigenvalue weighted by Crippen LogP contribution is -2.28. The topological polar surface area (TPSA) is 29.1 Å². The first kappa shape index (κ1) is 16.4. The van der Waals surface area contributed by atoms with Gasteiger partial charge in [0, 0.05) is 17.5 Å². The van der Waals surface area contributed by atoms with Gasteiger partial charge in [0.05, 0.1) is 6.42 Å². The molecule has 2 rings (SSSR count). The fourth-order valence-corrected chi connectivity index (χ4v) is 4.03. The molecule has 3 heteroatoms. The summed E-state index contributed by atoms with van der Waals surface area (Å²) in [6, 6.07) is 6.27. The van der Waals surface area contributed by atoms with Gasteiger partial charge in [-0.3, -0.25) is 4.79 Å². The highest BCUT2D eigenvalue weighted by molar-refractivity contribution is 7.99. The third-order valence-electron chi connectivity index (χ3n) is 4.27. The van der Waals surface area contributed by atoms with Gasteiger partial charge >= 0.3 is 0 Å². The first-order valence-corrected chi connectivity index (χ1v) is 9.14. The molecule has 1 saturated carbocycles. The number of hydrogen-bond acceptors (Lipinski definition) is 2. The highest BCUT2D eigenvalue weighted by atomic mass is 32.2. The summed E-state index contributed by atoms with van der Waals surface area (Å²) in [6.45, 7) is 4.99. The summed E-state index contributed by atoms with van der Waals surface area (Å²) in [5.74, 6) is 1.19. The first-order chi connectivity index (χ1) is 10.1. The van der Waals surface area contributed by atoms with Gasteiger partial charge in [0.1, 0.15) is 0 Å². The van der Waals surface area contributed by atoms with Crippen molar-refractivity contribution in [3.05, 3.63) is 34.9 Å². The van der Waals surface area contributed by atoms with E-state index in [1.165, 1.54) is 43.2 Å². The summed E-state index contributed by atoms with van der Waals surface area (Å²) in [7, 11) is 0. The summed E-state index contributed by atoms with van der Waals surface area (Å²) in [5, 5.41) is 3.87. The van der Waals surface area contributed by atoms with E-state index in [2.05, 4.69) is 37.4 Å². The largest absolute Gasteiger partial charge is 0.355 e. The van der Waals surface area contributed by atoms with Gasteiger partial charge in [0.2, 0.25) is 5.91 Å². The minimum absolute atomic E-state index is 0.141. The van der Waals surface area contributed by atoms with Crippen LogP contribution in [0.25, 0.3) is 0 Å². The molecule has 0 bridgehead atoms. The molecule has 2 nitrogen and oxygen atoms in total. The van der Waals surface area contributed by atoms with Crippen LogP contribution >= 0.6 is 11.8 Å². The molecule has 1 N–H and O–H groups in total. The lowest BCUT2D eigenvalue weighted by Gasteiger charge is -2.20. The van der Waals surface area contributed by atoms with Gasteiger partial charge < -0.3 is 5.32 Å². The van der Waals surface area contributed by atoms with Crippen LogP contribution in [0.2, 0.25) is 0 Å². The van der Waals surface area contributed by atoms with Crippen LogP contribution < -0.4 is 5.32 Å². The van der Waals surface area contributed by atoms with Crippen molar-refractivity contribution in [2.24, 2.45) is 0 Å². The third kappa shape index (κ3) is 5.74. The normalized spacial score (nSPS) is 15.9. The maximum Gasteiger partial charge on any atom is 0.224 e. The maximum atomic E-state index is 11.9. The number of thioether (sulfide) groups is 1. The van der Waals surface area contributed by atoms with E-state index in [0.717, 1.165) is 23.1 Å². The Morgan fingerprint density at radius 3 is 2.67 bits per heavy atom. The van der Waals surface area contributed by atoms with Gasteiger partial charge in [-0.15, -0.1) is 0 Å². The van der Waals surface area contributed by atoms with Crippen LogP contribution in [0.3, 0.4) is 0 Å². The van der Waals surface area contributed by atoms with Gasteiger partial charge in [-0.1, -0.05) is 37.5 Å². The smallest absolute Gasteiger partial charge is 0.224 e. The number of rotatable bonds is 6. The minimum Gasteiger partial charge on any atom is -0.355 e. The van der Waals surface area contributed by atoms with E-state index in [9.17, 15) is 4.79 Å². The zero-order valence-electron chi connectivity index (χ0n) is 13.3. The van der Waals surface area contributed by atoms with Crippen molar-refractivity contribution in [2.45, 2.75) is 57.6 Å². The Labute approximate surface area is 133 Å². The van der Waals surface area contributed by atoms with Crippen LogP contribution in [0.5, 0.6) is 0 Å². The molecule has 21 heavy (non-hydrogen) atoms. The van der Waals surface area contributed by atoms with E-state index in [1.54, 1.807) is 0 Å². The van der Waals surface area contributed by atoms with Gasteiger partial charge in [-0.25, -0.2) is 0 Å². The summed E-state index contributed by atoms with van der Waals surface area (Å²) >= 11 is 2.04. The fraction of sp³-hybridized carbons (Fsp3) is 0.611. The lowest BCUT2D eigenvalue weighted by atomic mass is 10.0. The van der Waals surface area contributed by atoms with E-state index >= 15 is 0 Å². The predicted octanol–water partition coefficient (Wildman–Crippen LogP) is 4.03. The van der Waals surface area contributed by atoms with Crippen molar-refractivity contribution in [2.75, 3.05) is 12.3 Å². The van der Waals surface area contributed by atoms with Crippen molar-refractivity contribution in [3.8, 4) is 0 Å². The summed E-state index contributed by atoms with van der Waals surface area (Å²) in [5.41, 5.74) is 3.65. The average Bonchev–Trinajstić information content (AvgIpc) is 2.49. The Morgan fingerprint density at radius 2 is 1.95 bits per heavy atom. The zero-order valence-corrected chi connectivity index (χ0v) is 14.1. The van der Waals surface area contributed by atoms with Gasteiger partial charge in [-0.05, 0) is 43.4 Å². The van der Waals surface area contributed by atoms with Crippen LogP contribution in [-0.2, 0) is 11.2 Å². The van der Waals surface area contributed by atoms with Gasteiger partial charge in [-0.2, -0.15) is 11.8 Å². The van der Waals surface area contributed by atoms with E-state index in [4.69, 9.17) is 0 Å². The Bertz CT molecular complexity index is 466. The molecule has 0 aromatic heterocycles. The minimum atomic E-state index is 0.141. The molecule has 0 aliphatic heterocycles. The number of carbonyl (C=O) groups excluding carboxylic acids is 1. The van der Waals surface area contributed by atoms with Crippen molar-refractivity contribution in [3.63, 3.8) is 0 Å². The molecule has 116 valence electrons. The Balaban J connectivity index is 1.63. The van der Waals surface area contributed by atoms with E-state index in [-0.39, 0.29) is 5.91 Å². The number of benzene rings is 1. The van der Waals surface area contributed by atoms with Crippen LogP contribution in [0.15, 0.2) is 18.2 Å². The summed E-state index contributed by atoms with van der Waals surface area (Å²) in [4.78, 5) is 11.9. The molecule has 0 spiro atoms. The molecule has 1 aromatic rings. The quantitative estimate of drug-likeness (QED) is 0.804. The molecule has 1 aliphatic rings. The number of nitrogens with one attached hydrogen (secondary N) is 1. The van der Waals surface area contributed by atoms with Gasteiger partial charge in [0.15, 0.2) is 0 Å². The molecule has 1 fully saturated rings. The van der Waals surface area contributed by atoms with E-state index in [1.807, 2.05) is 11.8 Å². The SMILES string of the molecule is Cc1ccc(CC(=O)NCCSC2CCCCC2)cc1C. The number of hydrogen-bond donors (Lipinski definition) is 1. The Kier molecular flexibility index (Phi) is 6.62. The number of carbonyl (C=O) groups is 1. The second-order valence-electron chi connectivity index (χ2n) is 6.08. The van der Waals surface area contributed by atoms with Crippen LogP contribution in [0.4, 0.5) is 0 Å². The van der Waals surface area contributed by atoms with Gasteiger partial charge in [0.25, 0.3) is 0 Å². The molecular weight excluding hydrogens is 278 g/mol. The third-order valence-corrected chi connectivity index (χ3v) is 5.65. The van der Waals surface area contributed by atoms with E-state index < -0.39 is 0 Å². The van der Waals surface area contributed by atoms with Crippen LogP contribution in [0, 0.1) is 13.8 Å². The second-order valence-corrected chi connectivity index (χ2v) is 7.48. The van der Waals surface area contributed by atoms with Crippen molar-refractivity contribution in [1.29, 1.82) is 0 Å². The van der Waals surface area contributed by atoms with Crippen LogP contribution in [-0.4, -0.2) is 23.5 Å². The van der Waals surface area contributed by atoms with Crippen molar-refractivity contribution >= 4 is 17.7 Å². The Morgan fingerprint density at radius 1 is 1.19 bits per heavy atom. The highest BCUT2D eigenvalue weighted by Crippen LogP contribution is 2.27. The lowest BCUT2D eigenvalue weighted by molar-refractivity contribution is -0.120. The zero-order chi connectivity index (χ0) is 15.1. The first-order valence-electron chi connectivity index (χ1n) is 8.09. The summed E-state index contributed by atoms with van der Waals surface area (Å²) < 4.78 is 0. The number of aryl methyl sites for hydroxylation is 2. The fourth-order valence-electron chi connectivity index (χ4n) is 2.81. The standard InChI is InChI=1S/C18H27NOS/c1-14-8-9-16(12-15(14)2)13-18(20)19-10-11-21-17-6-4-3-5-7-17/h8-9,12,17H,3-7,10-11,13H2,1-2H3,(H,19,20). The average molecular weight is 305 g/mol. The molecule has 1 aliphatic carbocycles. The predicted molar refractivity (Wildman–Crippen MR) is 92.0 cm³/mol. The molecule has 0 heterocycles. The number of amides is 1. The van der Waals surface area contributed by atoms with Crippen LogP contribution in [0.1, 0.15) is 48.8 Å².